The zero-order valence-corrected chi connectivity index (χ0v) is 17.0. The predicted molar refractivity (Wildman–Crippen MR) is 108 cm³/mol. The van der Waals surface area contributed by atoms with Crippen LogP contribution in [-0.2, 0) is 5.54 Å². The van der Waals surface area contributed by atoms with Crippen molar-refractivity contribution >= 4 is 28.5 Å². The first kappa shape index (κ1) is 21.0. The number of amides is 1. The third kappa shape index (κ3) is 4.02. The predicted octanol–water partition coefficient (Wildman–Crippen LogP) is 3.13. The average molecular weight is 421 g/mol. The molecule has 1 aromatic carbocycles. The summed E-state index contributed by atoms with van der Waals surface area (Å²) in [6.45, 7) is 2.79. The van der Waals surface area contributed by atoms with Crippen molar-refractivity contribution in [2.45, 2.75) is 24.6 Å². The number of rotatable bonds is 5. The van der Waals surface area contributed by atoms with Gasteiger partial charge in [-0.1, -0.05) is 25.6 Å². The Labute approximate surface area is 171 Å². The molecule has 154 valence electrons. The number of nitrogens with two attached hydrogens (primary N) is 1. The molecule has 3 N–H and O–H groups in total. The summed E-state index contributed by atoms with van der Waals surface area (Å²) in [6, 6.07) is 3.95. The maximum atomic E-state index is 14.7. The number of halogens is 2. The molecule has 2 aromatic rings. The normalized spacial score (nSPS) is 24.0. The van der Waals surface area contributed by atoms with Crippen LogP contribution in [0.5, 0.6) is 5.88 Å². The highest BCUT2D eigenvalue weighted by Crippen LogP contribution is 2.45. The zero-order valence-electron chi connectivity index (χ0n) is 16.1. The Morgan fingerprint density at radius 1 is 1.34 bits per heavy atom. The van der Waals surface area contributed by atoms with Gasteiger partial charge in [0, 0.05) is 22.4 Å². The van der Waals surface area contributed by atoms with Crippen molar-refractivity contribution in [1.29, 1.82) is 0 Å². The minimum Gasteiger partial charge on any atom is -0.480 e. The number of carbonyl (C=O) groups is 1. The number of nitrogens with zero attached hydrogens (tertiary/aromatic N) is 3. The largest absolute Gasteiger partial charge is 0.480 e. The monoisotopic (exact) mass is 421 g/mol. The van der Waals surface area contributed by atoms with Crippen molar-refractivity contribution < 1.29 is 18.3 Å². The Bertz CT molecular complexity index is 941. The van der Waals surface area contributed by atoms with Crippen LogP contribution in [0, 0.1) is 11.7 Å². The van der Waals surface area contributed by atoms with Crippen molar-refractivity contribution in [2.24, 2.45) is 16.6 Å². The summed E-state index contributed by atoms with van der Waals surface area (Å²) >= 11 is 1.33. The number of carbonyl (C=O) groups excluding carboxylic acids is 1. The lowest BCUT2D eigenvalue weighted by Gasteiger charge is -2.40. The van der Waals surface area contributed by atoms with Gasteiger partial charge in [0.05, 0.1) is 19.5 Å². The van der Waals surface area contributed by atoms with Crippen molar-refractivity contribution in [3.63, 3.8) is 0 Å². The summed E-state index contributed by atoms with van der Waals surface area (Å²) in [5.41, 5.74) is 4.79. The Morgan fingerprint density at radius 3 is 2.72 bits per heavy atom. The maximum Gasteiger partial charge on any atom is 0.275 e. The van der Waals surface area contributed by atoms with E-state index in [4.69, 9.17) is 10.5 Å². The second-order valence-corrected chi connectivity index (χ2v) is 8.11. The standard InChI is InChI=1S/C19H21F2N5O2S/c1-10-11(2)29-18(22)26-19(10,9-20)13-6-12(4-5-14(13)21)25-17(27)15-7-24-16(28-3)8-23-15/h4-8,10-11H,9H2,1-3H3,(H2,22,26)(H,25,27)/t10-,11+,19+/m1/s1. The van der Waals surface area contributed by atoms with Crippen molar-refractivity contribution in [3.05, 3.63) is 47.7 Å². The minimum absolute atomic E-state index is 0.0428. The van der Waals surface area contributed by atoms with Gasteiger partial charge in [-0.2, -0.15) is 0 Å². The summed E-state index contributed by atoms with van der Waals surface area (Å²) < 4.78 is 33.9. The maximum absolute atomic E-state index is 14.7. The van der Waals surface area contributed by atoms with Gasteiger partial charge in [0.1, 0.15) is 23.7 Å². The first-order valence-corrected chi connectivity index (χ1v) is 9.74. The number of methoxy groups -OCH3 is 1. The Balaban J connectivity index is 1.95. The van der Waals surface area contributed by atoms with Crippen molar-refractivity contribution in [1.82, 2.24) is 9.97 Å². The van der Waals surface area contributed by atoms with Crippen molar-refractivity contribution in [3.8, 4) is 5.88 Å². The van der Waals surface area contributed by atoms with E-state index in [1.807, 2.05) is 13.8 Å². The molecular weight excluding hydrogens is 400 g/mol. The quantitative estimate of drug-likeness (QED) is 0.769. The number of amidine groups is 1. The van der Waals surface area contributed by atoms with Gasteiger partial charge in [-0.05, 0) is 18.2 Å². The van der Waals surface area contributed by atoms with E-state index in [2.05, 4.69) is 20.3 Å². The fourth-order valence-corrected chi connectivity index (χ4v) is 4.23. The smallest absolute Gasteiger partial charge is 0.275 e. The van der Waals surface area contributed by atoms with Gasteiger partial charge in [0.25, 0.3) is 5.91 Å². The first-order valence-electron chi connectivity index (χ1n) is 8.86. The zero-order chi connectivity index (χ0) is 21.2. The van der Waals surface area contributed by atoms with Gasteiger partial charge >= 0.3 is 0 Å². The topological polar surface area (TPSA) is 102 Å². The molecule has 1 aliphatic rings. The molecule has 1 amide bonds. The van der Waals surface area contributed by atoms with Crippen LogP contribution >= 0.6 is 11.8 Å². The van der Waals surface area contributed by atoms with E-state index in [-0.39, 0.29) is 39.2 Å². The van der Waals surface area contributed by atoms with E-state index in [0.717, 1.165) is 0 Å². The number of benzene rings is 1. The summed E-state index contributed by atoms with van der Waals surface area (Å²) in [5, 5.41) is 2.77. The van der Waals surface area contributed by atoms with E-state index in [0.29, 0.717) is 0 Å². The van der Waals surface area contributed by atoms with Crippen LogP contribution < -0.4 is 15.8 Å². The summed E-state index contributed by atoms with van der Waals surface area (Å²) in [6.07, 6.45) is 2.57. The third-order valence-corrected chi connectivity index (χ3v) is 6.15. The summed E-state index contributed by atoms with van der Waals surface area (Å²) in [5.74, 6) is -1.22. The van der Waals surface area contributed by atoms with Gasteiger partial charge in [-0.3, -0.25) is 4.79 Å². The van der Waals surface area contributed by atoms with E-state index >= 15 is 0 Å². The number of anilines is 1. The molecule has 0 saturated carbocycles. The molecule has 0 saturated heterocycles. The Hall–Kier alpha value is -2.75. The van der Waals surface area contributed by atoms with Gasteiger partial charge < -0.3 is 15.8 Å². The second-order valence-electron chi connectivity index (χ2n) is 6.71. The number of alkyl halides is 1. The SMILES string of the molecule is COc1cnc(C(=O)Nc2ccc(F)c([C@@]3(CF)N=C(N)S[C@@H](C)[C@H]3C)c2)cn1. The summed E-state index contributed by atoms with van der Waals surface area (Å²) in [4.78, 5) is 24.6. The van der Waals surface area contributed by atoms with Crippen molar-refractivity contribution in [2.75, 3.05) is 19.1 Å². The van der Waals surface area contributed by atoms with Crippen LogP contribution in [0.15, 0.2) is 35.6 Å². The van der Waals surface area contributed by atoms with Crippen LogP contribution in [0.2, 0.25) is 0 Å². The van der Waals surface area contributed by atoms with E-state index in [1.54, 1.807) is 0 Å². The molecular formula is C19H21F2N5O2S. The molecule has 2 heterocycles. The number of ether oxygens (including phenoxy) is 1. The van der Waals surface area contributed by atoms with Crippen LogP contribution in [0.4, 0.5) is 14.5 Å². The van der Waals surface area contributed by atoms with Crippen LogP contribution in [-0.4, -0.2) is 40.1 Å². The number of thioether (sulfide) groups is 1. The molecule has 3 rings (SSSR count). The number of aliphatic imine (C=N–C) groups is 1. The molecule has 29 heavy (non-hydrogen) atoms. The molecule has 0 radical (unpaired) electrons. The van der Waals surface area contributed by atoms with Crippen LogP contribution in [0.1, 0.15) is 29.9 Å². The second kappa shape index (κ2) is 8.32. The molecule has 3 atom stereocenters. The molecule has 0 bridgehead atoms. The lowest BCUT2D eigenvalue weighted by molar-refractivity contribution is 0.102. The van der Waals surface area contributed by atoms with E-state index in [9.17, 15) is 13.6 Å². The molecule has 10 heteroatoms. The highest BCUT2D eigenvalue weighted by atomic mass is 32.2. The third-order valence-electron chi connectivity index (χ3n) is 5.04. The highest BCUT2D eigenvalue weighted by Gasteiger charge is 2.46. The van der Waals surface area contributed by atoms with Crippen LogP contribution in [0.3, 0.4) is 0 Å². The number of aromatic nitrogens is 2. The minimum atomic E-state index is -1.46. The first-order chi connectivity index (χ1) is 13.8. The molecule has 0 fully saturated rings. The number of nitrogens with one attached hydrogen (secondary N) is 1. The lowest BCUT2D eigenvalue weighted by Crippen LogP contribution is -2.44. The molecule has 1 aliphatic heterocycles. The van der Waals surface area contributed by atoms with E-state index in [1.165, 1.54) is 49.5 Å². The number of hydrogen-bond donors (Lipinski definition) is 2. The number of hydrogen-bond acceptors (Lipinski definition) is 7. The lowest BCUT2D eigenvalue weighted by atomic mass is 9.78. The van der Waals surface area contributed by atoms with Crippen LogP contribution in [0.25, 0.3) is 0 Å². The van der Waals surface area contributed by atoms with Gasteiger partial charge in [-0.15, -0.1) is 0 Å². The van der Waals surface area contributed by atoms with Gasteiger partial charge in [0.15, 0.2) is 5.17 Å². The fraction of sp³-hybridized carbons (Fsp3) is 0.368. The van der Waals surface area contributed by atoms with Gasteiger partial charge in [-0.25, -0.2) is 23.7 Å². The fourth-order valence-electron chi connectivity index (χ4n) is 3.20. The molecule has 0 spiro atoms. The Morgan fingerprint density at radius 2 is 2.10 bits per heavy atom. The molecule has 0 aliphatic carbocycles. The average Bonchev–Trinajstić information content (AvgIpc) is 2.72. The van der Waals surface area contributed by atoms with Gasteiger partial charge in [0.2, 0.25) is 5.88 Å². The molecule has 1 aromatic heterocycles. The van der Waals surface area contributed by atoms with E-state index < -0.39 is 23.9 Å². The summed E-state index contributed by atoms with van der Waals surface area (Å²) in [7, 11) is 1.44. The highest BCUT2D eigenvalue weighted by molar-refractivity contribution is 8.14. The molecule has 7 nitrogen and oxygen atoms in total. The Kier molecular flexibility index (Phi) is 6.02. The molecule has 0 unspecified atom stereocenters.